The lowest BCUT2D eigenvalue weighted by Crippen LogP contribution is -2.35. The Bertz CT molecular complexity index is 273. The van der Waals surface area contributed by atoms with Crippen LogP contribution in [0.2, 0.25) is 0 Å². The first-order chi connectivity index (χ1) is 7.15. The second kappa shape index (κ2) is 5.47. The highest BCUT2D eigenvalue weighted by Crippen LogP contribution is 2.07. The van der Waals surface area contributed by atoms with Crippen LogP contribution in [0, 0.1) is 0 Å². The SMILES string of the molecule is C=C(CNC(=O)C1CO1)C(=O)NCCO. The van der Waals surface area contributed by atoms with Gasteiger partial charge in [-0.3, -0.25) is 9.59 Å². The van der Waals surface area contributed by atoms with Gasteiger partial charge in [-0.1, -0.05) is 6.58 Å². The number of amides is 2. The first-order valence-corrected chi connectivity index (χ1v) is 4.61. The molecule has 6 nitrogen and oxygen atoms in total. The highest BCUT2D eigenvalue weighted by Gasteiger charge is 2.31. The van der Waals surface area contributed by atoms with Crippen molar-refractivity contribution in [3.05, 3.63) is 12.2 Å². The molecule has 1 unspecified atom stereocenters. The maximum absolute atomic E-state index is 11.2. The van der Waals surface area contributed by atoms with E-state index in [4.69, 9.17) is 9.84 Å². The number of epoxide rings is 1. The van der Waals surface area contributed by atoms with Crippen molar-refractivity contribution in [1.82, 2.24) is 10.6 Å². The third-order valence-corrected chi connectivity index (χ3v) is 1.82. The van der Waals surface area contributed by atoms with Gasteiger partial charge in [-0.15, -0.1) is 0 Å². The predicted molar refractivity (Wildman–Crippen MR) is 52.0 cm³/mol. The van der Waals surface area contributed by atoms with Gasteiger partial charge in [0.05, 0.1) is 13.2 Å². The molecule has 0 spiro atoms. The van der Waals surface area contributed by atoms with Gasteiger partial charge in [0.15, 0.2) is 6.10 Å². The average Bonchev–Trinajstić information content (AvgIpc) is 3.05. The molecule has 1 fully saturated rings. The summed E-state index contributed by atoms with van der Waals surface area (Å²) in [6.07, 6.45) is -0.363. The highest BCUT2D eigenvalue weighted by atomic mass is 16.6. The van der Waals surface area contributed by atoms with E-state index in [0.29, 0.717) is 6.61 Å². The highest BCUT2D eigenvalue weighted by molar-refractivity contribution is 5.94. The average molecular weight is 214 g/mol. The molecule has 1 aliphatic heterocycles. The lowest BCUT2D eigenvalue weighted by molar-refractivity contribution is -0.122. The Morgan fingerprint density at radius 3 is 2.67 bits per heavy atom. The van der Waals surface area contributed by atoms with Gasteiger partial charge in [0, 0.05) is 18.7 Å². The van der Waals surface area contributed by atoms with Crippen LogP contribution in [0.3, 0.4) is 0 Å². The van der Waals surface area contributed by atoms with Gasteiger partial charge in [-0.05, 0) is 0 Å². The minimum atomic E-state index is -0.374. The van der Waals surface area contributed by atoms with Crippen molar-refractivity contribution in [3.8, 4) is 0 Å². The lowest BCUT2D eigenvalue weighted by atomic mass is 10.2. The van der Waals surface area contributed by atoms with E-state index < -0.39 is 0 Å². The van der Waals surface area contributed by atoms with Gasteiger partial charge >= 0.3 is 0 Å². The van der Waals surface area contributed by atoms with Crippen molar-refractivity contribution in [2.24, 2.45) is 0 Å². The van der Waals surface area contributed by atoms with Gasteiger partial charge in [0.25, 0.3) is 5.91 Å². The van der Waals surface area contributed by atoms with Crippen LogP contribution in [0.5, 0.6) is 0 Å². The summed E-state index contributed by atoms with van der Waals surface area (Å²) in [5, 5.41) is 13.4. The van der Waals surface area contributed by atoms with Crippen molar-refractivity contribution in [1.29, 1.82) is 0 Å². The van der Waals surface area contributed by atoms with Crippen molar-refractivity contribution < 1.29 is 19.4 Å². The van der Waals surface area contributed by atoms with Crippen LogP contribution in [0.25, 0.3) is 0 Å². The van der Waals surface area contributed by atoms with Crippen molar-refractivity contribution >= 4 is 11.8 Å². The Morgan fingerprint density at radius 1 is 1.47 bits per heavy atom. The molecule has 2 amide bonds. The smallest absolute Gasteiger partial charge is 0.251 e. The summed E-state index contributed by atoms with van der Waals surface area (Å²) in [5.74, 6) is -0.604. The number of rotatable bonds is 6. The van der Waals surface area contributed by atoms with Crippen LogP contribution in [-0.2, 0) is 14.3 Å². The van der Waals surface area contributed by atoms with Crippen LogP contribution in [0.1, 0.15) is 0 Å². The summed E-state index contributed by atoms with van der Waals surface area (Å²) in [6, 6.07) is 0. The summed E-state index contributed by atoms with van der Waals surface area (Å²) >= 11 is 0. The number of ether oxygens (including phenoxy) is 1. The Balaban J connectivity index is 2.16. The molecule has 0 aromatic carbocycles. The zero-order chi connectivity index (χ0) is 11.3. The van der Waals surface area contributed by atoms with E-state index in [9.17, 15) is 9.59 Å². The van der Waals surface area contributed by atoms with E-state index in [0.717, 1.165) is 0 Å². The van der Waals surface area contributed by atoms with Gasteiger partial charge in [-0.25, -0.2) is 0 Å². The molecule has 0 saturated carbocycles. The number of carbonyl (C=O) groups is 2. The fraction of sp³-hybridized carbons (Fsp3) is 0.556. The summed E-state index contributed by atoms with van der Waals surface area (Å²) in [4.78, 5) is 22.3. The molecule has 1 heterocycles. The predicted octanol–water partition coefficient (Wildman–Crippen LogP) is -1.83. The normalized spacial score (nSPS) is 18.1. The van der Waals surface area contributed by atoms with E-state index in [2.05, 4.69) is 17.2 Å². The lowest BCUT2D eigenvalue weighted by Gasteiger charge is -2.07. The molecule has 6 heteroatoms. The zero-order valence-electron chi connectivity index (χ0n) is 8.28. The minimum absolute atomic E-state index is 0.0932. The van der Waals surface area contributed by atoms with E-state index in [1.807, 2.05) is 0 Å². The summed E-state index contributed by atoms with van der Waals surface area (Å²) in [6.45, 7) is 4.10. The second-order valence-corrected chi connectivity index (χ2v) is 3.12. The van der Waals surface area contributed by atoms with Crippen molar-refractivity contribution in [3.63, 3.8) is 0 Å². The summed E-state index contributed by atoms with van der Waals surface area (Å²) in [5.41, 5.74) is 0.248. The maximum atomic E-state index is 11.2. The molecule has 0 bridgehead atoms. The molecular weight excluding hydrogens is 200 g/mol. The fourth-order valence-electron chi connectivity index (χ4n) is 0.882. The molecule has 0 radical (unpaired) electrons. The van der Waals surface area contributed by atoms with Crippen LogP contribution in [0.4, 0.5) is 0 Å². The quantitative estimate of drug-likeness (QED) is 0.358. The first-order valence-electron chi connectivity index (χ1n) is 4.61. The molecule has 0 aliphatic carbocycles. The van der Waals surface area contributed by atoms with Gasteiger partial charge in [-0.2, -0.15) is 0 Å². The first kappa shape index (κ1) is 11.7. The van der Waals surface area contributed by atoms with Gasteiger partial charge < -0.3 is 20.5 Å². The fourth-order valence-corrected chi connectivity index (χ4v) is 0.882. The molecule has 1 rings (SSSR count). The molecular formula is C9H14N2O4. The molecule has 15 heavy (non-hydrogen) atoms. The van der Waals surface area contributed by atoms with Crippen LogP contribution >= 0.6 is 0 Å². The number of aliphatic hydroxyl groups excluding tert-OH is 1. The number of carbonyl (C=O) groups excluding carboxylic acids is 2. The zero-order valence-corrected chi connectivity index (χ0v) is 8.28. The molecule has 3 N–H and O–H groups in total. The van der Waals surface area contributed by atoms with Crippen molar-refractivity contribution in [2.45, 2.75) is 6.10 Å². The van der Waals surface area contributed by atoms with E-state index >= 15 is 0 Å². The molecule has 1 aliphatic rings. The Hall–Kier alpha value is -1.40. The topological polar surface area (TPSA) is 91.0 Å². The molecule has 0 aromatic heterocycles. The van der Waals surface area contributed by atoms with Gasteiger partial charge in [0.1, 0.15) is 0 Å². The largest absolute Gasteiger partial charge is 0.395 e. The van der Waals surface area contributed by atoms with Crippen LogP contribution in [-0.4, -0.2) is 49.3 Å². The van der Waals surface area contributed by atoms with E-state index in [-0.39, 0.29) is 43.2 Å². The Kier molecular flexibility index (Phi) is 4.26. The maximum Gasteiger partial charge on any atom is 0.251 e. The Morgan fingerprint density at radius 2 is 2.13 bits per heavy atom. The van der Waals surface area contributed by atoms with Gasteiger partial charge in [0.2, 0.25) is 5.91 Å². The number of hydrogen-bond acceptors (Lipinski definition) is 4. The molecule has 0 aromatic rings. The molecule has 1 saturated heterocycles. The van der Waals surface area contributed by atoms with Crippen LogP contribution in [0.15, 0.2) is 12.2 Å². The minimum Gasteiger partial charge on any atom is -0.395 e. The van der Waals surface area contributed by atoms with Crippen molar-refractivity contribution in [2.75, 3.05) is 26.3 Å². The summed E-state index contributed by atoms with van der Waals surface area (Å²) in [7, 11) is 0. The summed E-state index contributed by atoms with van der Waals surface area (Å²) < 4.78 is 4.75. The third-order valence-electron chi connectivity index (χ3n) is 1.82. The number of nitrogens with one attached hydrogen (secondary N) is 2. The standard InChI is InChI=1S/C9H14N2O4/c1-6(8(13)10-2-3-12)4-11-9(14)7-5-15-7/h7,12H,1-5H2,(H,10,13)(H,11,14). The van der Waals surface area contributed by atoms with E-state index in [1.54, 1.807) is 0 Å². The molecule has 1 atom stereocenters. The van der Waals surface area contributed by atoms with E-state index in [1.165, 1.54) is 0 Å². The number of hydrogen-bond donors (Lipinski definition) is 3. The number of aliphatic hydroxyl groups is 1. The monoisotopic (exact) mass is 214 g/mol. The third kappa shape index (κ3) is 4.09. The van der Waals surface area contributed by atoms with Crippen LogP contribution < -0.4 is 10.6 Å². The second-order valence-electron chi connectivity index (χ2n) is 3.12. The Labute approximate surface area is 87.3 Å². The molecule has 84 valence electrons.